The van der Waals surface area contributed by atoms with E-state index in [4.69, 9.17) is 11.6 Å². The number of carbonyl (C=O) groups is 2. The first kappa shape index (κ1) is 19.4. The fraction of sp³-hybridized carbons (Fsp3) is 0.0800. The van der Waals surface area contributed by atoms with Crippen LogP contribution in [0, 0.1) is 5.82 Å². The van der Waals surface area contributed by atoms with Crippen molar-refractivity contribution in [1.82, 2.24) is 9.88 Å². The molecule has 0 radical (unpaired) electrons. The maximum absolute atomic E-state index is 13.8. The molecule has 1 aliphatic rings. The van der Waals surface area contributed by atoms with Gasteiger partial charge in [0, 0.05) is 28.6 Å². The van der Waals surface area contributed by atoms with E-state index >= 15 is 0 Å². The molecule has 0 spiro atoms. The largest absolute Gasteiger partial charge is 0.274 e. The lowest BCUT2D eigenvalue weighted by Crippen LogP contribution is -2.31. The van der Waals surface area contributed by atoms with Crippen LogP contribution >= 0.6 is 11.6 Å². The van der Waals surface area contributed by atoms with E-state index in [2.05, 4.69) is 4.98 Å². The molecule has 0 atom stereocenters. The molecule has 0 unspecified atom stereocenters. The number of pyridine rings is 1. The summed E-state index contributed by atoms with van der Waals surface area (Å²) in [4.78, 5) is 31.4. The second kappa shape index (κ2) is 7.60. The van der Waals surface area contributed by atoms with Crippen molar-refractivity contribution < 1.29 is 14.0 Å². The average Bonchev–Trinajstić information content (AvgIpc) is 3.02. The number of aromatic nitrogens is 1. The predicted molar refractivity (Wildman–Crippen MR) is 118 cm³/mol. The van der Waals surface area contributed by atoms with Crippen molar-refractivity contribution in [2.45, 2.75) is 6.42 Å². The number of hydrogen-bond donors (Lipinski definition) is 0. The van der Waals surface area contributed by atoms with Gasteiger partial charge in [0.2, 0.25) is 0 Å². The highest BCUT2D eigenvalue weighted by Gasteiger charge is 2.34. The highest BCUT2D eigenvalue weighted by molar-refractivity contribution is 6.33. The number of imide groups is 1. The Morgan fingerprint density at radius 1 is 0.839 bits per heavy atom. The van der Waals surface area contributed by atoms with Gasteiger partial charge in [0.25, 0.3) is 11.8 Å². The summed E-state index contributed by atoms with van der Waals surface area (Å²) < 4.78 is 13.8. The second-order valence-electron chi connectivity index (χ2n) is 7.37. The van der Waals surface area contributed by atoms with E-state index in [1.54, 1.807) is 36.4 Å². The van der Waals surface area contributed by atoms with Gasteiger partial charge in [0.05, 0.1) is 22.3 Å². The Kier molecular flexibility index (Phi) is 4.75. The summed E-state index contributed by atoms with van der Waals surface area (Å²) in [6, 6.07) is 20.5. The van der Waals surface area contributed by atoms with Crippen LogP contribution in [0.25, 0.3) is 22.2 Å². The van der Waals surface area contributed by atoms with Gasteiger partial charge in [0.1, 0.15) is 5.82 Å². The van der Waals surface area contributed by atoms with Crippen molar-refractivity contribution in [2.24, 2.45) is 0 Å². The second-order valence-corrected chi connectivity index (χ2v) is 7.78. The minimum absolute atomic E-state index is 0.207. The maximum Gasteiger partial charge on any atom is 0.261 e. The van der Waals surface area contributed by atoms with Crippen LogP contribution in [0.2, 0.25) is 5.02 Å². The highest BCUT2D eigenvalue weighted by Crippen LogP contribution is 2.32. The third kappa shape index (κ3) is 3.37. The van der Waals surface area contributed by atoms with Crippen LogP contribution in [-0.4, -0.2) is 28.2 Å². The molecule has 2 amide bonds. The summed E-state index contributed by atoms with van der Waals surface area (Å²) in [5.74, 6) is -0.963. The number of nitrogens with zero attached hydrogens (tertiary/aromatic N) is 2. The molecule has 31 heavy (non-hydrogen) atoms. The monoisotopic (exact) mass is 430 g/mol. The Labute approximate surface area is 182 Å². The van der Waals surface area contributed by atoms with E-state index in [0.717, 1.165) is 10.9 Å². The van der Waals surface area contributed by atoms with E-state index in [-0.39, 0.29) is 24.2 Å². The zero-order valence-electron chi connectivity index (χ0n) is 16.3. The molecule has 4 aromatic rings. The number of benzene rings is 3. The van der Waals surface area contributed by atoms with Crippen molar-refractivity contribution in [2.75, 3.05) is 6.54 Å². The Balaban J connectivity index is 1.54. The first-order valence-electron chi connectivity index (χ1n) is 9.82. The third-order valence-electron chi connectivity index (χ3n) is 5.47. The Morgan fingerprint density at radius 2 is 1.48 bits per heavy atom. The molecule has 152 valence electrons. The van der Waals surface area contributed by atoms with Crippen LogP contribution in [0.15, 0.2) is 72.8 Å². The summed E-state index contributed by atoms with van der Waals surface area (Å²) in [6.45, 7) is 0.207. The summed E-state index contributed by atoms with van der Waals surface area (Å²) in [5.41, 5.74) is 3.51. The van der Waals surface area contributed by atoms with Crippen LogP contribution in [0.1, 0.15) is 26.3 Å². The Hall–Kier alpha value is -3.57. The lowest BCUT2D eigenvalue weighted by Gasteiger charge is -2.16. The standard InChI is InChI=1S/C25H16ClFN2O2/c26-21-8-4-3-7-20(21)23-16(13-15-9-10-17(27)14-22(15)28-23)11-12-29-24(30)18-5-1-2-6-19(18)25(29)31/h1-10,13-14H,11-12H2. The predicted octanol–water partition coefficient (Wildman–Crippen LogP) is 5.53. The van der Waals surface area contributed by atoms with Gasteiger partial charge in [-0.3, -0.25) is 14.5 Å². The van der Waals surface area contributed by atoms with Crippen LogP contribution < -0.4 is 0 Å². The van der Waals surface area contributed by atoms with Gasteiger partial charge in [-0.25, -0.2) is 9.37 Å². The minimum atomic E-state index is -0.371. The molecule has 0 bridgehead atoms. The molecule has 0 N–H and O–H groups in total. The zero-order chi connectivity index (χ0) is 21.5. The Morgan fingerprint density at radius 3 is 2.16 bits per heavy atom. The molecule has 5 rings (SSSR count). The molecular formula is C25H16ClFN2O2. The van der Waals surface area contributed by atoms with Gasteiger partial charge in [-0.1, -0.05) is 41.9 Å². The van der Waals surface area contributed by atoms with Crippen molar-refractivity contribution in [1.29, 1.82) is 0 Å². The molecule has 1 aromatic heterocycles. The summed E-state index contributed by atoms with van der Waals surface area (Å²) in [5, 5.41) is 1.29. The lowest BCUT2D eigenvalue weighted by molar-refractivity contribution is 0.0656. The van der Waals surface area contributed by atoms with Crippen LogP contribution in [0.5, 0.6) is 0 Å². The average molecular weight is 431 g/mol. The smallest absolute Gasteiger partial charge is 0.261 e. The Bertz CT molecular complexity index is 1330. The number of hydrogen-bond acceptors (Lipinski definition) is 3. The van der Waals surface area contributed by atoms with E-state index in [1.807, 2.05) is 24.3 Å². The zero-order valence-corrected chi connectivity index (χ0v) is 17.1. The third-order valence-corrected chi connectivity index (χ3v) is 5.80. The molecule has 0 fully saturated rings. The molecule has 4 nitrogen and oxygen atoms in total. The van der Waals surface area contributed by atoms with Gasteiger partial charge in [0.15, 0.2) is 0 Å². The SMILES string of the molecule is O=C1c2ccccc2C(=O)N1CCc1cc2ccc(F)cc2nc1-c1ccccc1Cl. The summed E-state index contributed by atoms with van der Waals surface area (Å²) >= 11 is 6.41. The first-order valence-corrected chi connectivity index (χ1v) is 10.2. The van der Waals surface area contributed by atoms with E-state index in [9.17, 15) is 14.0 Å². The quantitative estimate of drug-likeness (QED) is 0.400. The lowest BCUT2D eigenvalue weighted by atomic mass is 10.0. The number of rotatable bonds is 4. The normalized spacial score (nSPS) is 13.2. The summed E-state index contributed by atoms with van der Waals surface area (Å²) in [7, 11) is 0. The molecule has 3 aromatic carbocycles. The van der Waals surface area contributed by atoms with E-state index in [0.29, 0.717) is 39.3 Å². The van der Waals surface area contributed by atoms with Crippen molar-refractivity contribution in [3.63, 3.8) is 0 Å². The number of amides is 2. The first-order chi connectivity index (χ1) is 15.0. The number of carbonyl (C=O) groups excluding carboxylic acids is 2. The molecule has 2 heterocycles. The number of halogens is 2. The molecule has 0 aliphatic carbocycles. The van der Waals surface area contributed by atoms with Gasteiger partial charge < -0.3 is 0 Å². The topological polar surface area (TPSA) is 50.3 Å². The van der Waals surface area contributed by atoms with E-state index in [1.165, 1.54) is 17.0 Å². The molecule has 1 aliphatic heterocycles. The van der Waals surface area contributed by atoms with Crippen molar-refractivity contribution in [3.05, 3.63) is 100 Å². The van der Waals surface area contributed by atoms with Crippen LogP contribution in [0.3, 0.4) is 0 Å². The molecule has 0 saturated heterocycles. The fourth-order valence-electron chi connectivity index (χ4n) is 3.94. The van der Waals surface area contributed by atoms with Gasteiger partial charge in [-0.2, -0.15) is 0 Å². The number of fused-ring (bicyclic) bond motifs is 2. The van der Waals surface area contributed by atoms with E-state index < -0.39 is 0 Å². The van der Waals surface area contributed by atoms with Crippen LogP contribution in [-0.2, 0) is 6.42 Å². The molecular weight excluding hydrogens is 415 g/mol. The van der Waals surface area contributed by atoms with Gasteiger partial charge >= 0.3 is 0 Å². The maximum atomic E-state index is 13.8. The van der Waals surface area contributed by atoms with Gasteiger partial charge in [-0.15, -0.1) is 0 Å². The minimum Gasteiger partial charge on any atom is -0.274 e. The van der Waals surface area contributed by atoms with Gasteiger partial charge in [-0.05, 0) is 48.4 Å². The highest BCUT2D eigenvalue weighted by atomic mass is 35.5. The summed E-state index contributed by atoms with van der Waals surface area (Å²) in [6.07, 6.45) is 0.395. The molecule has 6 heteroatoms. The van der Waals surface area contributed by atoms with Crippen molar-refractivity contribution in [3.8, 4) is 11.3 Å². The fourth-order valence-corrected chi connectivity index (χ4v) is 4.16. The molecule has 0 saturated carbocycles. The van der Waals surface area contributed by atoms with Crippen LogP contribution in [0.4, 0.5) is 4.39 Å². The van der Waals surface area contributed by atoms with Crippen molar-refractivity contribution >= 4 is 34.3 Å².